The molecule has 0 saturated carbocycles. The van der Waals surface area contributed by atoms with Crippen LogP contribution in [-0.4, -0.2) is 62.1 Å². The Labute approximate surface area is 199 Å². The summed E-state index contributed by atoms with van der Waals surface area (Å²) in [4.78, 5) is 21.3. The van der Waals surface area contributed by atoms with Crippen molar-refractivity contribution in [1.82, 2.24) is 9.96 Å². The molecule has 3 rings (SSSR count). The van der Waals surface area contributed by atoms with Crippen LogP contribution in [0.15, 0.2) is 12.1 Å². The Bertz CT molecular complexity index is 771. The zero-order valence-corrected chi connectivity index (χ0v) is 21.1. The van der Waals surface area contributed by atoms with Gasteiger partial charge in [0.05, 0.1) is 20.3 Å². The van der Waals surface area contributed by atoms with Gasteiger partial charge in [-0.15, -0.1) is 0 Å². The second-order valence-corrected chi connectivity index (χ2v) is 9.43. The Morgan fingerprint density at radius 1 is 1.21 bits per heavy atom. The predicted molar refractivity (Wildman–Crippen MR) is 129 cm³/mol. The second-order valence-electron chi connectivity index (χ2n) is 9.43. The van der Waals surface area contributed by atoms with Crippen LogP contribution in [0.3, 0.4) is 0 Å². The molecule has 0 unspecified atom stereocenters. The Balaban J connectivity index is 1.77. The van der Waals surface area contributed by atoms with Gasteiger partial charge >= 0.3 is 0 Å². The topological polar surface area (TPSA) is 60.5 Å². The van der Waals surface area contributed by atoms with Crippen molar-refractivity contribution in [3.63, 3.8) is 0 Å². The lowest BCUT2D eigenvalue weighted by molar-refractivity contribution is -0.188. The van der Waals surface area contributed by atoms with E-state index in [0.29, 0.717) is 49.1 Å². The first-order valence-electron chi connectivity index (χ1n) is 12.6. The van der Waals surface area contributed by atoms with E-state index < -0.39 is 0 Å². The van der Waals surface area contributed by atoms with Crippen LogP contribution in [0.4, 0.5) is 0 Å². The van der Waals surface area contributed by atoms with E-state index >= 15 is 0 Å². The van der Waals surface area contributed by atoms with E-state index in [-0.39, 0.29) is 12.7 Å². The van der Waals surface area contributed by atoms with E-state index in [0.717, 1.165) is 38.0 Å². The van der Waals surface area contributed by atoms with Crippen LogP contribution in [0.25, 0.3) is 0 Å². The number of carbonyl (C=O) groups excluding carboxylic acids is 1. The fourth-order valence-electron chi connectivity index (χ4n) is 5.04. The lowest BCUT2D eigenvalue weighted by atomic mass is 9.91. The maximum atomic E-state index is 13.2. The van der Waals surface area contributed by atoms with Crippen LogP contribution in [0.1, 0.15) is 77.7 Å². The summed E-state index contributed by atoms with van der Waals surface area (Å²) in [7, 11) is 1.66. The average Bonchev–Trinajstić information content (AvgIpc) is 3.43. The lowest BCUT2D eigenvalue weighted by Crippen LogP contribution is -2.43. The van der Waals surface area contributed by atoms with E-state index in [1.807, 2.05) is 0 Å². The quantitative estimate of drug-likeness (QED) is 0.385. The molecule has 7 nitrogen and oxygen atoms in total. The normalized spacial score (nSPS) is 20.8. The third-order valence-electron chi connectivity index (χ3n) is 6.63. The summed E-state index contributed by atoms with van der Waals surface area (Å²) in [5.41, 5.74) is 1.19. The van der Waals surface area contributed by atoms with Gasteiger partial charge in [0.1, 0.15) is 0 Å². The Morgan fingerprint density at radius 2 is 2.03 bits per heavy atom. The molecule has 0 aromatic heterocycles. The molecule has 186 valence electrons. The molecule has 0 N–H and O–H groups in total. The van der Waals surface area contributed by atoms with E-state index in [4.69, 9.17) is 19.0 Å². The monoisotopic (exact) mass is 462 g/mol. The average molecular weight is 463 g/mol. The van der Waals surface area contributed by atoms with Gasteiger partial charge in [0.15, 0.2) is 11.5 Å². The minimum absolute atomic E-state index is 0.0577. The molecular formula is C26H42N2O5. The Hall–Kier alpha value is -1.99. The van der Waals surface area contributed by atoms with Crippen LogP contribution in [0.5, 0.6) is 17.2 Å². The largest absolute Gasteiger partial charge is 0.493 e. The van der Waals surface area contributed by atoms with Gasteiger partial charge in [-0.05, 0) is 55.2 Å². The number of ether oxygens (including phenoxy) is 3. The van der Waals surface area contributed by atoms with Crippen molar-refractivity contribution in [3.8, 4) is 17.2 Å². The van der Waals surface area contributed by atoms with Gasteiger partial charge in [0.25, 0.3) is 5.91 Å². The van der Waals surface area contributed by atoms with Gasteiger partial charge < -0.3 is 14.2 Å². The van der Waals surface area contributed by atoms with Crippen molar-refractivity contribution >= 4 is 5.91 Å². The smallest absolute Gasteiger partial charge is 0.260 e. The van der Waals surface area contributed by atoms with Gasteiger partial charge in [0, 0.05) is 19.1 Å². The summed E-state index contributed by atoms with van der Waals surface area (Å²) >= 11 is 0. The zero-order valence-electron chi connectivity index (χ0n) is 21.1. The van der Waals surface area contributed by atoms with E-state index in [1.165, 1.54) is 18.4 Å². The number of fused-ring (bicyclic) bond motifs is 1. The number of likely N-dealkylation sites (tertiary alicyclic amines) is 1. The number of hydrogen-bond acceptors (Lipinski definition) is 6. The van der Waals surface area contributed by atoms with Crippen molar-refractivity contribution in [3.05, 3.63) is 17.7 Å². The highest BCUT2D eigenvalue weighted by atomic mass is 16.7. The van der Waals surface area contributed by atoms with Crippen LogP contribution >= 0.6 is 0 Å². The minimum atomic E-state index is 0.0577. The third kappa shape index (κ3) is 6.54. The summed E-state index contributed by atoms with van der Waals surface area (Å²) in [6.07, 6.45) is 6.29. The number of amides is 1. The van der Waals surface area contributed by atoms with Crippen molar-refractivity contribution in [2.45, 2.75) is 78.2 Å². The Morgan fingerprint density at radius 3 is 2.73 bits per heavy atom. The standard InChI is InChI=1S/C26H42N2O5/c1-6-9-19(4)12-22-13-21(20-14-23(30-5)26-24(15-20)31-18-32-26)16-27(22)17-25(29)28(10-7-2)33-11-8-3/h14-15,19,21-22H,6-13,16-18H2,1-5H3/t19-,21-,22+/m1/s1. The molecule has 0 aliphatic carbocycles. The van der Waals surface area contributed by atoms with Gasteiger partial charge in [-0.3, -0.25) is 14.5 Å². The highest BCUT2D eigenvalue weighted by molar-refractivity contribution is 5.77. The van der Waals surface area contributed by atoms with Crippen LogP contribution in [0.2, 0.25) is 0 Å². The van der Waals surface area contributed by atoms with Crippen LogP contribution < -0.4 is 14.2 Å². The predicted octanol–water partition coefficient (Wildman–Crippen LogP) is 4.99. The summed E-state index contributed by atoms with van der Waals surface area (Å²) in [6.45, 7) is 11.4. The lowest BCUT2D eigenvalue weighted by Gasteiger charge is -2.29. The van der Waals surface area contributed by atoms with Crippen molar-refractivity contribution in [2.24, 2.45) is 5.92 Å². The van der Waals surface area contributed by atoms with E-state index in [2.05, 4.69) is 44.7 Å². The molecule has 2 aliphatic heterocycles. The fraction of sp³-hybridized carbons (Fsp3) is 0.731. The van der Waals surface area contributed by atoms with Gasteiger partial charge in [-0.25, -0.2) is 5.06 Å². The molecule has 1 amide bonds. The number of hydroxylamine groups is 2. The van der Waals surface area contributed by atoms with Crippen LogP contribution in [0, 0.1) is 5.92 Å². The molecule has 33 heavy (non-hydrogen) atoms. The first-order chi connectivity index (χ1) is 16.0. The molecule has 1 aromatic rings. The summed E-state index contributed by atoms with van der Waals surface area (Å²) < 4.78 is 16.8. The first-order valence-corrected chi connectivity index (χ1v) is 12.6. The molecule has 2 aliphatic rings. The molecule has 1 saturated heterocycles. The number of nitrogens with zero attached hydrogens (tertiary/aromatic N) is 2. The molecule has 0 spiro atoms. The van der Waals surface area contributed by atoms with Gasteiger partial charge in [-0.1, -0.05) is 40.5 Å². The first kappa shape index (κ1) is 25.6. The molecular weight excluding hydrogens is 420 g/mol. The molecule has 3 atom stereocenters. The molecule has 2 heterocycles. The van der Waals surface area contributed by atoms with Crippen molar-refractivity contribution in [2.75, 3.05) is 40.1 Å². The Kier molecular flexibility index (Phi) is 9.68. The molecule has 0 radical (unpaired) electrons. The van der Waals surface area contributed by atoms with Crippen molar-refractivity contribution in [1.29, 1.82) is 0 Å². The molecule has 1 fully saturated rings. The molecule has 7 heteroatoms. The summed E-state index contributed by atoms with van der Waals surface area (Å²) in [5.74, 6) is 3.15. The maximum Gasteiger partial charge on any atom is 0.260 e. The summed E-state index contributed by atoms with van der Waals surface area (Å²) in [5, 5.41) is 1.58. The molecule has 0 bridgehead atoms. The van der Waals surface area contributed by atoms with Gasteiger partial charge in [-0.2, -0.15) is 0 Å². The van der Waals surface area contributed by atoms with E-state index in [1.54, 1.807) is 12.2 Å². The minimum Gasteiger partial charge on any atom is -0.493 e. The SMILES string of the molecule is CCCON(CCC)C(=O)CN1C[C@H](c2cc(OC)c3c(c2)OCO3)C[C@@H]1C[C@H](C)CCC. The second kappa shape index (κ2) is 12.5. The number of hydrogen-bond donors (Lipinski definition) is 0. The van der Waals surface area contributed by atoms with E-state index in [9.17, 15) is 4.79 Å². The highest BCUT2D eigenvalue weighted by Gasteiger charge is 2.36. The molecule has 1 aromatic carbocycles. The third-order valence-corrected chi connectivity index (χ3v) is 6.63. The maximum absolute atomic E-state index is 13.2. The highest BCUT2D eigenvalue weighted by Crippen LogP contribution is 2.45. The number of benzene rings is 1. The zero-order chi connectivity index (χ0) is 23.8. The number of rotatable bonds is 13. The fourth-order valence-corrected chi connectivity index (χ4v) is 5.04. The van der Waals surface area contributed by atoms with Crippen LogP contribution in [-0.2, 0) is 9.63 Å². The van der Waals surface area contributed by atoms with Crippen molar-refractivity contribution < 1.29 is 23.8 Å². The van der Waals surface area contributed by atoms with Gasteiger partial charge in [0.2, 0.25) is 12.5 Å². The number of carbonyl (C=O) groups is 1. The number of methoxy groups -OCH3 is 1. The summed E-state index contributed by atoms with van der Waals surface area (Å²) in [6, 6.07) is 4.52.